The summed E-state index contributed by atoms with van der Waals surface area (Å²) in [7, 11) is -2.32. The number of methoxy groups -OCH3 is 1. The number of carbonyl (C=O) groups excluding carboxylic acids is 2. The third-order valence-electron chi connectivity index (χ3n) is 6.13. The number of halogens is 3. The zero-order valence-electron chi connectivity index (χ0n) is 22.2. The van der Waals surface area contributed by atoms with E-state index < -0.39 is 22.2 Å². The number of sulfonamides is 1. The number of alkyl halides is 3. The van der Waals surface area contributed by atoms with Crippen LogP contribution in [0.1, 0.15) is 43.5 Å². The molecule has 1 aliphatic heterocycles. The lowest BCUT2D eigenvalue weighted by molar-refractivity contribution is -0.192. The van der Waals surface area contributed by atoms with Gasteiger partial charge in [-0.1, -0.05) is 13.0 Å². The van der Waals surface area contributed by atoms with Gasteiger partial charge in [0, 0.05) is 42.4 Å². The molecule has 2 amide bonds. The van der Waals surface area contributed by atoms with E-state index in [1.807, 2.05) is 13.8 Å². The molecular weight excluding hydrogens is 555 g/mol. The van der Waals surface area contributed by atoms with E-state index in [1.165, 1.54) is 19.2 Å². The fourth-order valence-corrected chi connectivity index (χ4v) is 4.75. The van der Waals surface area contributed by atoms with Gasteiger partial charge in [-0.05, 0) is 62.6 Å². The van der Waals surface area contributed by atoms with Crippen molar-refractivity contribution >= 4 is 33.5 Å². The molecular formula is C26H32F3N3O7S. The fourth-order valence-electron chi connectivity index (χ4n) is 3.65. The summed E-state index contributed by atoms with van der Waals surface area (Å²) in [5.41, 5.74) is 0.830. The standard InChI is InChI=1S/C24H31N3O5S.C2HF3O2/c1-4-17(2)25-23(28)18-12-14-27(15-13-18)24(29)19-8-10-20(11-9-19)26-33(30,31)22-7-5-6-21(16-22)32-3;3-2(4,5)1(6)7/h5-11,16-18,26H,4,12-15H2,1-3H3,(H,25,28);(H,6,7). The first kappa shape index (κ1) is 32.4. The number of benzene rings is 2. The molecule has 1 aliphatic rings. The minimum absolute atomic E-state index is 0.0594. The van der Waals surface area contributed by atoms with Gasteiger partial charge < -0.3 is 20.1 Å². The molecule has 3 rings (SSSR count). The second-order valence-corrected chi connectivity index (χ2v) is 10.7. The third-order valence-corrected chi connectivity index (χ3v) is 7.51. The molecule has 40 heavy (non-hydrogen) atoms. The largest absolute Gasteiger partial charge is 0.497 e. The van der Waals surface area contributed by atoms with Gasteiger partial charge in [-0.25, -0.2) is 13.2 Å². The number of aliphatic carboxylic acids is 1. The maximum Gasteiger partial charge on any atom is 0.490 e. The first-order valence-corrected chi connectivity index (χ1v) is 13.8. The zero-order chi connectivity index (χ0) is 30.1. The quantitative estimate of drug-likeness (QED) is 0.425. The molecule has 2 aromatic carbocycles. The predicted molar refractivity (Wildman–Crippen MR) is 140 cm³/mol. The van der Waals surface area contributed by atoms with E-state index in [4.69, 9.17) is 14.6 Å². The van der Waals surface area contributed by atoms with E-state index in [2.05, 4.69) is 10.0 Å². The van der Waals surface area contributed by atoms with Crippen molar-refractivity contribution in [2.75, 3.05) is 24.9 Å². The van der Waals surface area contributed by atoms with Crippen molar-refractivity contribution < 1.29 is 45.8 Å². The lowest BCUT2D eigenvalue weighted by Gasteiger charge is -2.32. The second kappa shape index (κ2) is 14.0. The molecule has 1 heterocycles. The van der Waals surface area contributed by atoms with Gasteiger partial charge in [0.05, 0.1) is 12.0 Å². The Morgan fingerprint density at radius 3 is 2.17 bits per heavy atom. The SMILES string of the molecule is CCC(C)NC(=O)C1CCN(C(=O)c2ccc(NS(=O)(=O)c3cccc(OC)c3)cc2)CC1.O=C(O)C(F)(F)F. The van der Waals surface area contributed by atoms with Crippen LogP contribution < -0.4 is 14.8 Å². The van der Waals surface area contributed by atoms with Crippen molar-refractivity contribution in [3.63, 3.8) is 0 Å². The molecule has 220 valence electrons. The Labute approximate surface area is 230 Å². The van der Waals surface area contributed by atoms with Crippen molar-refractivity contribution in [1.29, 1.82) is 0 Å². The lowest BCUT2D eigenvalue weighted by atomic mass is 9.95. The van der Waals surface area contributed by atoms with Gasteiger partial charge in [-0.15, -0.1) is 0 Å². The number of carboxylic acid groups (broad SMARTS) is 1. The van der Waals surface area contributed by atoms with Crippen LogP contribution in [0, 0.1) is 5.92 Å². The zero-order valence-corrected chi connectivity index (χ0v) is 23.0. The third kappa shape index (κ3) is 9.43. The van der Waals surface area contributed by atoms with Gasteiger partial charge in [-0.2, -0.15) is 13.2 Å². The number of anilines is 1. The molecule has 2 aromatic rings. The summed E-state index contributed by atoms with van der Waals surface area (Å²) in [6.45, 7) is 5.04. The molecule has 14 heteroatoms. The van der Waals surface area contributed by atoms with E-state index in [1.54, 1.807) is 41.3 Å². The first-order chi connectivity index (χ1) is 18.7. The molecule has 0 bridgehead atoms. The first-order valence-electron chi connectivity index (χ1n) is 12.3. The summed E-state index contributed by atoms with van der Waals surface area (Å²) in [5, 5.41) is 10.1. The Morgan fingerprint density at radius 2 is 1.68 bits per heavy atom. The van der Waals surface area contributed by atoms with Crippen molar-refractivity contribution in [2.24, 2.45) is 5.92 Å². The van der Waals surface area contributed by atoms with Crippen LogP contribution in [0.3, 0.4) is 0 Å². The van der Waals surface area contributed by atoms with Crippen LogP contribution in [0.5, 0.6) is 5.75 Å². The molecule has 3 N–H and O–H groups in total. The fraction of sp³-hybridized carbons (Fsp3) is 0.423. The number of carbonyl (C=O) groups is 3. The summed E-state index contributed by atoms with van der Waals surface area (Å²) in [5.74, 6) is -2.45. The molecule has 1 atom stereocenters. The van der Waals surface area contributed by atoms with Gasteiger partial charge in [0.15, 0.2) is 0 Å². The van der Waals surface area contributed by atoms with Gasteiger partial charge in [-0.3, -0.25) is 14.3 Å². The average Bonchev–Trinajstić information content (AvgIpc) is 2.92. The van der Waals surface area contributed by atoms with Crippen molar-refractivity contribution in [1.82, 2.24) is 10.2 Å². The number of rotatable bonds is 8. The van der Waals surface area contributed by atoms with Gasteiger partial charge in [0.1, 0.15) is 5.75 Å². The lowest BCUT2D eigenvalue weighted by Crippen LogP contribution is -2.44. The molecule has 0 spiro atoms. The molecule has 1 fully saturated rings. The number of ether oxygens (including phenoxy) is 1. The molecule has 1 saturated heterocycles. The van der Waals surface area contributed by atoms with E-state index in [-0.39, 0.29) is 28.7 Å². The highest BCUT2D eigenvalue weighted by Gasteiger charge is 2.38. The number of piperidine rings is 1. The summed E-state index contributed by atoms with van der Waals surface area (Å²) in [6, 6.07) is 12.7. The number of nitrogens with zero attached hydrogens (tertiary/aromatic N) is 1. The maximum atomic E-state index is 12.9. The number of hydrogen-bond acceptors (Lipinski definition) is 6. The summed E-state index contributed by atoms with van der Waals surface area (Å²) in [4.78, 5) is 35.9. The van der Waals surface area contributed by atoms with Gasteiger partial charge >= 0.3 is 12.1 Å². The Bertz CT molecular complexity index is 1280. The Hall–Kier alpha value is -3.81. The molecule has 0 aliphatic carbocycles. The van der Waals surface area contributed by atoms with Crippen LogP contribution in [0.25, 0.3) is 0 Å². The molecule has 1 unspecified atom stereocenters. The Balaban J connectivity index is 0.000000708. The van der Waals surface area contributed by atoms with Gasteiger partial charge in [0.25, 0.3) is 15.9 Å². The van der Waals surface area contributed by atoms with Crippen LogP contribution in [-0.4, -0.2) is 68.6 Å². The van der Waals surface area contributed by atoms with Crippen LogP contribution in [0.2, 0.25) is 0 Å². The summed E-state index contributed by atoms with van der Waals surface area (Å²) in [6.07, 6.45) is -2.94. The predicted octanol–water partition coefficient (Wildman–Crippen LogP) is 3.90. The van der Waals surface area contributed by atoms with E-state index in [0.29, 0.717) is 42.9 Å². The Kier molecular flexibility index (Phi) is 11.3. The summed E-state index contributed by atoms with van der Waals surface area (Å²) >= 11 is 0. The monoisotopic (exact) mass is 587 g/mol. The minimum atomic E-state index is -5.08. The molecule has 0 saturated carbocycles. The topological polar surface area (TPSA) is 142 Å². The highest BCUT2D eigenvalue weighted by molar-refractivity contribution is 7.92. The second-order valence-electron chi connectivity index (χ2n) is 9.05. The number of likely N-dealkylation sites (tertiary alicyclic amines) is 1. The van der Waals surface area contributed by atoms with Crippen molar-refractivity contribution in [2.45, 2.75) is 50.2 Å². The number of amides is 2. The normalized spacial score (nSPS) is 14.8. The highest BCUT2D eigenvalue weighted by Crippen LogP contribution is 2.23. The smallest absolute Gasteiger partial charge is 0.490 e. The van der Waals surface area contributed by atoms with E-state index in [0.717, 1.165) is 6.42 Å². The average molecular weight is 588 g/mol. The summed E-state index contributed by atoms with van der Waals surface area (Å²) < 4.78 is 64.6. The number of nitrogens with one attached hydrogen (secondary N) is 2. The molecule has 0 aromatic heterocycles. The van der Waals surface area contributed by atoms with Crippen LogP contribution in [0.15, 0.2) is 53.4 Å². The molecule has 0 radical (unpaired) electrons. The van der Waals surface area contributed by atoms with Crippen LogP contribution in [0.4, 0.5) is 18.9 Å². The van der Waals surface area contributed by atoms with Crippen molar-refractivity contribution in [3.05, 3.63) is 54.1 Å². The highest BCUT2D eigenvalue weighted by atomic mass is 32.2. The molecule has 10 nitrogen and oxygen atoms in total. The van der Waals surface area contributed by atoms with Crippen LogP contribution >= 0.6 is 0 Å². The van der Waals surface area contributed by atoms with E-state index >= 15 is 0 Å². The van der Waals surface area contributed by atoms with Crippen LogP contribution in [-0.2, 0) is 19.6 Å². The van der Waals surface area contributed by atoms with Crippen molar-refractivity contribution in [3.8, 4) is 5.75 Å². The maximum absolute atomic E-state index is 12.9. The minimum Gasteiger partial charge on any atom is -0.497 e. The Morgan fingerprint density at radius 1 is 1.10 bits per heavy atom. The number of hydrogen-bond donors (Lipinski definition) is 3. The number of carboxylic acids is 1. The van der Waals surface area contributed by atoms with Gasteiger partial charge in [0.2, 0.25) is 5.91 Å². The van der Waals surface area contributed by atoms with E-state index in [9.17, 15) is 31.2 Å².